The third-order valence-electron chi connectivity index (χ3n) is 5.21. The summed E-state index contributed by atoms with van der Waals surface area (Å²) in [4.78, 5) is 19.2. The largest absolute Gasteiger partial charge is 0.353 e. The van der Waals surface area contributed by atoms with E-state index in [4.69, 9.17) is 0 Å². The molecule has 30 heavy (non-hydrogen) atoms. The van der Waals surface area contributed by atoms with Gasteiger partial charge in [0, 0.05) is 55.8 Å². The molecule has 0 amide bonds. The van der Waals surface area contributed by atoms with Gasteiger partial charge in [-0.05, 0) is 37.3 Å². The van der Waals surface area contributed by atoms with E-state index >= 15 is 0 Å². The second-order valence-corrected chi connectivity index (χ2v) is 8.43. The zero-order chi connectivity index (χ0) is 20.1. The summed E-state index contributed by atoms with van der Waals surface area (Å²) in [7, 11) is 0. The van der Waals surface area contributed by atoms with Gasteiger partial charge in [-0.3, -0.25) is 15.1 Å². The van der Waals surface area contributed by atoms with Crippen molar-refractivity contribution in [3.63, 3.8) is 0 Å². The molecule has 0 spiro atoms. The topological polar surface area (TPSA) is 83.1 Å². The molecule has 0 bridgehead atoms. The first-order valence-corrected chi connectivity index (χ1v) is 10.4. The predicted octanol–water partition coefficient (Wildman–Crippen LogP) is 5.60. The Labute approximate surface area is 175 Å². The third-order valence-corrected chi connectivity index (χ3v) is 6.24. The number of fused-ring (bicyclic) bond motifs is 2. The number of benzene rings is 1. The molecule has 144 valence electrons. The predicted molar refractivity (Wildman–Crippen MR) is 120 cm³/mol. The molecule has 6 nitrogen and oxygen atoms in total. The molecule has 0 atom stereocenters. The lowest BCUT2D eigenvalue weighted by atomic mass is 10.1. The summed E-state index contributed by atoms with van der Waals surface area (Å²) >= 11 is 1.81. The van der Waals surface area contributed by atoms with Gasteiger partial charge in [0.1, 0.15) is 0 Å². The Balaban J connectivity index is 1.52. The van der Waals surface area contributed by atoms with E-state index in [2.05, 4.69) is 79.5 Å². The molecule has 0 aliphatic heterocycles. The van der Waals surface area contributed by atoms with Crippen molar-refractivity contribution < 1.29 is 0 Å². The maximum Gasteiger partial charge on any atom is 0.181 e. The highest BCUT2D eigenvalue weighted by atomic mass is 32.1. The van der Waals surface area contributed by atoms with E-state index in [1.165, 1.54) is 20.7 Å². The molecule has 7 heteroatoms. The zero-order valence-electron chi connectivity index (χ0n) is 16.0. The van der Waals surface area contributed by atoms with Crippen molar-refractivity contribution in [1.29, 1.82) is 0 Å². The SMILES string of the molecule is Cc1ccc(-c2cccc3[nH]c(-c4[nH]nc5ncc(-c6cnccn6)cc45)cc23)s1. The Morgan fingerprint density at radius 3 is 2.73 bits per heavy atom. The molecular weight excluding hydrogens is 392 g/mol. The lowest BCUT2D eigenvalue weighted by molar-refractivity contribution is 1.10. The average molecular weight is 408 g/mol. The number of hydrogen-bond donors (Lipinski definition) is 2. The van der Waals surface area contributed by atoms with Crippen molar-refractivity contribution in [2.45, 2.75) is 6.92 Å². The van der Waals surface area contributed by atoms with Gasteiger partial charge in [0.25, 0.3) is 0 Å². The molecule has 0 saturated heterocycles. The summed E-state index contributed by atoms with van der Waals surface area (Å²) < 4.78 is 0. The van der Waals surface area contributed by atoms with Crippen LogP contribution in [0, 0.1) is 6.92 Å². The Bertz CT molecular complexity index is 1510. The molecule has 1 aromatic carbocycles. The number of aryl methyl sites for hydroxylation is 1. The van der Waals surface area contributed by atoms with Gasteiger partial charge >= 0.3 is 0 Å². The van der Waals surface area contributed by atoms with Crippen molar-refractivity contribution in [2.75, 3.05) is 0 Å². The number of H-pyrrole nitrogens is 2. The lowest BCUT2D eigenvalue weighted by Gasteiger charge is -2.00. The van der Waals surface area contributed by atoms with Crippen LogP contribution in [0.4, 0.5) is 0 Å². The zero-order valence-corrected chi connectivity index (χ0v) is 16.9. The minimum atomic E-state index is 0.672. The molecule has 0 radical (unpaired) electrons. The Hall–Kier alpha value is -3.84. The van der Waals surface area contributed by atoms with Gasteiger partial charge in [0.15, 0.2) is 5.65 Å². The van der Waals surface area contributed by atoms with Gasteiger partial charge in [-0.2, -0.15) is 5.10 Å². The van der Waals surface area contributed by atoms with E-state index in [1.54, 1.807) is 24.8 Å². The normalized spacial score (nSPS) is 11.5. The number of hydrogen-bond acceptors (Lipinski definition) is 5. The van der Waals surface area contributed by atoms with E-state index in [-0.39, 0.29) is 0 Å². The Kier molecular flexibility index (Phi) is 3.75. The molecule has 6 aromatic rings. The number of aromatic nitrogens is 6. The molecule has 2 N–H and O–H groups in total. The van der Waals surface area contributed by atoms with Crippen molar-refractivity contribution in [2.24, 2.45) is 0 Å². The standard InChI is InChI=1S/C23H16N6S/c1-13-5-6-21(30-13)15-3-2-4-18-16(15)10-19(27-18)22-17-9-14(11-26-23(17)29-28-22)20-12-24-7-8-25-20/h2-12,27H,1H3,(H,26,28,29). The van der Waals surface area contributed by atoms with Crippen LogP contribution in [0.15, 0.2) is 67.3 Å². The van der Waals surface area contributed by atoms with Crippen molar-refractivity contribution in [3.05, 3.63) is 72.1 Å². The fourth-order valence-corrected chi connectivity index (χ4v) is 4.68. The average Bonchev–Trinajstić information content (AvgIpc) is 3.51. The second kappa shape index (κ2) is 6.60. The third kappa shape index (κ3) is 2.71. The van der Waals surface area contributed by atoms with Crippen LogP contribution >= 0.6 is 11.3 Å². The van der Waals surface area contributed by atoms with Crippen molar-refractivity contribution >= 4 is 33.3 Å². The number of rotatable bonds is 3. The maximum atomic E-state index is 4.50. The van der Waals surface area contributed by atoms with Crippen LogP contribution in [-0.4, -0.2) is 30.1 Å². The highest BCUT2D eigenvalue weighted by molar-refractivity contribution is 7.15. The highest BCUT2D eigenvalue weighted by Crippen LogP contribution is 2.36. The molecule has 5 aromatic heterocycles. The van der Waals surface area contributed by atoms with Crippen LogP contribution in [0.2, 0.25) is 0 Å². The summed E-state index contributed by atoms with van der Waals surface area (Å²) in [6, 6.07) is 14.9. The number of nitrogens with one attached hydrogen (secondary N) is 2. The summed E-state index contributed by atoms with van der Waals surface area (Å²) in [5, 5.41) is 9.68. The Morgan fingerprint density at radius 2 is 1.90 bits per heavy atom. The first kappa shape index (κ1) is 17.1. The maximum absolute atomic E-state index is 4.50. The minimum Gasteiger partial charge on any atom is -0.353 e. The highest BCUT2D eigenvalue weighted by Gasteiger charge is 2.15. The van der Waals surface area contributed by atoms with Crippen molar-refractivity contribution in [1.82, 2.24) is 30.1 Å². The fourth-order valence-electron chi connectivity index (χ4n) is 3.78. The van der Waals surface area contributed by atoms with Gasteiger partial charge in [-0.25, -0.2) is 4.98 Å². The van der Waals surface area contributed by atoms with E-state index in [9.17, 15) is 0 Å². The monoisotopic (exact) mass is 408 g/mol. The Morgan fingerprint density at radius 1 is 0.933 bits per heavy atom. The first-order chi connectivity index (χ1) is 14.8. The molecular formula is C23H16N6S. The first-order valence-electron chi connectivity index (χ1n) is 9.56. The van der Waals surface area contributed by atoms with E-state index in [0.29, 0.717) is 5.65 Å². The number of nitrogens with zero attached hydrogens (tertiary/aromatic N) is 4. The molecule has 6 rings (SSSR count). The number of pyridine rings is 1. The van der Waals surface area contributed by atoms with Gasteiger partial charge in [0.05, 0.1) is 23.3 Å². The molecule has 0 aliphatic carbocycles. The summed E-state index contributed by atoms with van der Waals surface area (Å²) in [6.45, 7) is 2.13. The summed E-state index contributed by atoms with van der Waals surface area (Å²) in [6.07, 6.45) is 6.86. The second-order valence-electron chi connectivity index (χ2n) is 7.14. The quantitative estimate of drug-likeness (QED) is 0.399. The van der Waals surface area contributed by atoms with E-state index < -0.39 is 0 Å². The van der Waals surface area contributed by atoms with Gasteiger partial charge in [-0.1, -0.05) is 12.1 Å². The minimum absolute atomic E-state index is 0.672. The van der Waals surface area contributed by atoms with Crippen LogP contribution < -0.4 is 0 Å². The van der Waals surface area contributed by atoms with Crippen LogP contribution in [-0.2, 0) is 0 Å². The molecule has 0 unspecified atom stereocenters. The van der Waals surface area contributed by atoms with Crippen LogP contribution in [0.3, 0.4) is 0 Å². The molecule has 0 fully saturated rings. The summed E-state index contributed by atoms with van der Waals surface area (Å²) in [5.74, 6) is 0. The smallest absolute Gasteiger partial charge is 0.181 e. The van der Waals surface area contributed by atoms with Crippen LogP contribution in [0.5, 0.6) is 0 Å². The summed E-state index contributed by atoms with van der Waals surface area (Å²) in [5.41, 5.74) is 6.57. The van der Waals surface area contributed by atoms with Crippen LogP contribution in [0.25, 0.3) is 55.0 Å². The van der Waals surface area contributed by atoms with E-state index in [0.717, 1.165) is 33.5 Å². The number of aromatic amines is 2. The van der Waals surface area contributed by atoms with E-state index in [1.807, 2.05) is 11.3 Å². The van der Waals surface area contributed by atoms with Crippen LogP contribution in [0.1, 0.15) is 4.88 Å². The lowest BCUT2D eigenvalue weighted by Crippen LogP contribution is -1.86. The van der Waals surface area contributed by atoms with Gasteiger partial charge in [-0.15, -0.1) is 11.3 Å². The molecule has 0 saturated carbocycles. The molecule has 0 aliphatic rings. The van der Waals surface area contributed by atoms with Gasteiger partial charge in [0.2, 0.25) is 0 Å². The molecule has 5 heterocycles. The van der Waals surface area contributed by atoms with Crippen molar-refractivity contribution in [3.8, 4) is 33.1 Å². The fraction of sp³-hybridized carbons (Fsp3) is 0.0435. The number of thiophene rings is 1. The van der Waals surface area contributed by atoms with Gasteiger partial charge < -0.3 is 4.98 Å².